The van der Waals surface area contributed by atoms with Crippen LogP contribution in [0.2, 0.25) is 0 Å². The van der Waals surface area contributed by atoms with Crippen LogP contribution in [0.3, 0.4) is 0 Å². The molecule has 29 heavy (non-hydrogen) atoms. The molecule has 0 bridgehead atoms. The van der Waals surface area contributed by atoms with Crippen LogP contribution in [-0.2, 0) is 33.9 Å². The Hall–Kier alpha value is -3.35. The molecule has 1 aliphatic rings. The summed E-state index contributed by atoms with van der Waals surface area (Å²) in [6.07, 6.45) is 1.08. The maximum Gasteiger partial charge on any atom is 0.239 e. The number of benzene rings is 2. The van der Waals surface area contributed by atoms with Crippen LogP contribution < -0.4 is 20.9 Å². The normalized spacial score (nSPS) is 12.2. The van der Waals surface area contributed by atoms with E-state index >= 15 is 0 Å². The lowest BCUT2D eigenvalue weighted by molar-refractivity contribution is -0.127. The third-order valence-corrected chi connectivity index (χ3v) is 4.81. The molecule has 0 aliphatic carbocycles. The number of amides is 3. The fourth-order valence-electron chi connectivity index (χ4n) is 3.26. The number of hydrogen-bond acceptors (Lipinski definition) is 4. The Morgan fingerprint density at radius 2 is 1.52 bits per heavy atom. The molecule has 0 fully saturated rings. The molecule has 0 atom stereocenters. The lowest BCUT2D eigenvalue weighted by atomic mass is 10.1. The van der Waals surface area contributed by atoms with Crippen LogP contribution >= 0.6 is 0 Å². The summed E-state index contributed by atoms with van der Waals surface area (Å²) in [6, 6.07) is 16.7. The largest absolute Gasteiger partial charge is 0.367 e. The minimum atomic E-state index is -0.400. The van der Waals surface area contributed by atoms with Gasteiger partial charge in [0, 0.05) is 32.2 Å². The molecule has 7 heteroatoms. The smallest absolute Gasteiger partial charge is 0.239 e. The highest BCUT2D eigenvalue weighted by Crippen LogP contribution is 2.28. The van der Waals surface area contributed by atoms with Gasteiger partial charge >= 0.3 is 0 Å². The van der Waals surface area contributed by atoms with Crippen LogP contribution in [0, 0.1) is 0 Å². The van der Waals surface area contributed by atoms with E-state index < -0.39 is 5.91 Å². The van der Waals surface area contributed by atoms with Gasteiger partial charge in [-0.2, -0.15) is 0 Å². The van der Waals surface area contributed by atoms with Crippen LogP contribution in [0.15, 0.2) is 48.5 Å². The van der Waals surface area contributed by atoms with E-state index in [4.69, 9.17) is 0 Å². The Morgan fingerprint density at radius 3 is 2.28 bits per heavy atom. The van der Waals surface area contributed by atoms with Gasteiger partial charge in [0.05, 0.1) is 13.1 Å². The van der Waals surface area contributed by atoms with Crippen LogP contribution in [0.4, 0.5) is 5.69 Å². The summed E-state index contributed by atoms with van der Waals surface area (Å²) in [6.45, 7) is 3.37. The second kappa shape index (κ2) is 9.73. The second-order valence-corrected chi connectivity index (χ2v) is 7.08. The molecule has 3 rings (SSSR count). The van der Waals surface area contributed by atoms with E-state index in [1.54, 1.807) is 0 Å². The molecule has 0 saturated carbocycles. The van der Waals surface area contributed by atoms with Crippen molar-refractivity contribution in [3.63, 3.8) is 0 Å². The lowest BCUT2D eigenvalue weighted by Gasteiger charge is -2.19. The maximum atomic E-state index is 11.9. The van der Waals surface area contributed by atoms with Gasteiger partial charge in [-0.05, 0) is 29.2 Å². The average molecular weight is 394 g/mol. The van der Waals surface area contributed by atoms with Gasteiger partial charge in [-0.1, -0.05) is 42.5 Å². The minimum Gasteiger partial charge on any atom is -0.367 e. The van der Waals surface area contributed by atoms with E-state index in [2.05, 4.69) is 57.2 Å². The highest BCUT2D eigenvalue weighted by molar-refractivity contribution is 5.87. The van der Waals surface area contributed by atoms with E-state index in [0.717, 1.165) is 25.1 Å². The average Bonchev–Trinajstić information content (AvgIpc) is 3.13. The van der Waals surface area contributed by atoms with Crippen molar-refractivity contribution in [3.05, 3.63) is 65.2 Å². The van der Waals surface area contributed by atoms with Gasteiger partial charge in [0.1, 0.15) is 0 Å². The Bertz CT molecular complexity index is 880. The van der Waals surface area contributed by atoms with Gasteiger partial charge in [0.2, 0.25) is 17.7 Å². The molecule has 1 aliphatic heterocycles. The molecule has 3 N–H and O–H groups in total. The summed E-state index contributed by atoms with van der Waals surface area (Å²) >= 11 is 0. The first-order valence-electron chi connectivity index (χ1n) is 9.70. The predicted octanol–water partition coefficient (Wildman–Crippen LogP) is 1.12. The molecule has 7 nitrogen and oxygen atoms in total. The molecule has 3 amide bonds. The third kappa shape index (κ3) is 6.07. The van der Waals surface area contributed by atoms with Crippen LogP contribution in [0.5, 0.6) is 0 Å². The lowest BCUT2D eigenvalue weighted by Crippen LogP contribution is -2.41. The highest BCUT2D eigenvalue weighted by atomic mass is 16.2. The van der Waals surface area contributed by atoms with Crippen molar-refractivity contribution in [2.45, 2.75) is 26.4 Å². The summed E-state index contributed by atoms with van der Waals surface area (Å²) < 4.78 is 0. The Labute approximate surface area is 170 Å². The zero-order chi connectivity index (χ0) is 20.6. The van der Waals surface area contributed by atoms with Crippen molar-refractivity contribution in [1.29, 1.82) is 0 Å². The van der Waals surface area contributed by atoms with Gasteiger partial charge in [0.25, 0.3) is 0 Å². The molecule has 0 spiro atoms. The summed E-state index contributed by atoms with van der Waals surface area (Å²) in [5.41, 5.74) is 4.93. The number of carbonyl (C=O) groups excluding carboxylic acids is 3. The molecular formula is C22H26N4O3. The Kier molecular flexibility index (Phi) is 6.84. The third-order valence-electron chi connectivity index (χ3n) is 4.81. The number of fused-ring (bicyclic) bond motifs is 1. The molecule has 2 aromatic carbocycles. The highest BCUT2D eigenvalue weighted by Gasteiger charge is 2.18. The Morgan fingerprint density at radius 1 is 0.862 bits per heavy atom. The van der Waals surface area contributed by atoms with Crippen molar-refractivity contribution in [3.8, 4) is 0 Å². The molecule has 0 saturated heterocycles. The van der Waals surface area contributed by atoms with Crippen LogP contribution in [0.25, 0.3) is 0 Å². The number of nitrogens with one attached hydrogen (secondary N) is 3. The molecule has 0 unspecified atom stereocenters. The summed E-state index contributed by atoms with van der Waals surface area (Å²) in [5, 5.41) is 7.61. The molecule has 152 valence electrons. The predicted molar refractivity (Wildman–Crippen MR) is 111 cm³/mol. The molecule has 0 radical (unpaired) electrons. The fraction of sp³-hybridized carbons (Fsp3) is 0.318. The fourth-order valence-corrected chi connectivity index (χ4v) is 3.26. The van der Waals surface area contributed by atoms with E-state index in [1.165, 1.54) is 23.7 Å². The van der Waals surface area contributed by atoms with Crippen LogP contribution in [-0.4, -0.2) is 37.4 Å². The SMILES string of the molecule is CC(=O)NCC(=O)NCC(=O)NCc1ccc(CN2CCc3ccccc32)cc1. The first-order chi connectivity index (χ1) is 14.0. The topological polar surface area (TPSA) is 90.5 Å². The number of rotatable bonds is 8. The van der Waals surface area contributed by atoms with E-state index in [1.807, 2.05) is 12.1 Å². The zero-order valence-electron chi connectivity index (χ0n) is 16.5. The second-order valence-electron chi connectivity index (χ2n) is 7.08. The first-order valence-corrected chi connectivity index (χ1v) is 9.70. The van der Waals surface area contributed by atoms with Gasteiger partial charge in [-0.3, -0.25) is 14.4 Å². The van der Waals surface area contributed by atoms with Gasteiger partial charge < -0.3 is 20.9 Å². The number of nitrogens with zero attached hydrogens (tertiary/aromatic N) is 1. The number of carbonyl (C=O) groups is 3. The maximum absolute atomic E-state index is 11.9. The standard InChI is InChI=1S/C22H26N4O3/c1-16(27)23-13-21(28)25-14-22(29)24-12-17-6-8-18(9-7-17)15-26-11-10-19-4-2-3-5-20(19)26/h2-9H,10-15H2,1H3,(H,23,27)(H,24,29)(H,25,28). The zero-order valence-corrected chi connectivity index (χ0v) is 16.5. The number of anilines is 1. The van der Waals surface area contributed by atoms with E-state index in [9.17, 15) is 14.4 Å². The number of hydrogen-bond donors (Lipinski definition) is 3. The molecule has 0 aromatic heterocycles. The monoisotopic (exact) mass is 394 g/mol. The molecular weight excluding hydrogens is 368 g/mol. The summed E-state index contributed by atoms with van der Waals surface area (Å²) in [4.78, 5) is 36.5. The van der Waals surface area contributed by atoms with Crippen molar-refractivity contribution in [1.82, 2.24) is 16.0 Å². The molecule has 1 heterocycles. The van der Waals surface area contributed by atoms with Gasteiger partial charge in [-0.15, -0.1) is 0 Å². The van der Waals surface area contributed by atoms with Crippen molar-refractivity contribution >= 4 is 23.4 Å². The first kappa shape index (κ1) is 20.4. The van der Waals surface area contributed by atoms with Crippen LogP contribution in [0.1, 0.15) is 23.6 Å². The van der Waals surface area contributed by atoms with E-state index in [-0.39, 0.29) is 24.9 Å². The van der Waals surface area contributed by atoms with Crippen molar-refractivity contribution < 1.29 is 14.4 Å². The minimum absolute atomic E-state index is 0.120. The quantitative estimate of drug-likeness (QED) is 0.626. The van der Waals surface area contributed by atoms with Gasteiger partial charge in [-0.25, -0.2) is 0 Å². The molecule has 2 aromatic rings. The van der Waals surface area contributed by atoms with Crippen molar-refractivity contribution in [2.75, 3.05) is 24.5 Å². The summed E-state index contributed by atoms with van der Waals surface area (Å²) in [7, 11) is 0. The number of para-hydroxylation sites is 1. The van der Waals surface area contributed by atoms with E-state index in [0.29, 0.717) is 6.54 Å². The van der Waals surface area contributed by atoms with Gasteiger partial charge in [0.15, 0.2) is 0 Å². The Balaban J connectivity index is 1.41. The van der Waals surface area contributed by atoms with Crippen molar-refractivity contribution in [2.24, 2.45) is 0 Å². The summed E-state index contributed by atoms with van der Waals surface area (Å²) in [5.74, 6) is -0.968.